The maximum atomic E-state index is 5.66. The van der Waals surface area contributed by atoms with Crippen LogP contribution in [0.5, 0.6) is 0 Å². The van der Waals surface area contributed by atoms with Crippen molar-refractivity contribution in [3.63, 3.8) is 0 Å². The van der Waals surface area contributed by atoms with E-state index in [0.717, 1.165) is 19.6 Å². The lowest BCUT2D eigenvalue weighted by atomic mass is 10.1. The lowest BCUT2D eigenvalue weighted by molar-refractivity contribution is -0.00461. The van der Waals surface area contributed by atoms with Gasteiger partial charge in [-0.2, -0.15) is 0 Å². The summed E-state index contributed by atoms with van der Waals surface area (Å²) in [6.45, 7) is 3.35. The first-order valence-corrected chi connectivity index (χ1v) is 6.32. The van der Waals surface area contributed by atoms with Crippen molar-refractivity contribution in [2.24, 2.45) is 5.73 Å². The average molecular weight is 250 g/mol. The topological polar surface area (TPSA) is 47.7 Å². The molecule has 1 saturated heterocycles. The van der Waals surface area contributed by atoms with Gasteiger partial charge < -0.3 is 15.2 Å². The molecule has 1 aliphatic rings. The molecule has 2 atom stereocenters. The maximum Gasteiger partial charge on any atom is 0.0971 e. The summed E-state index contributed by atoms with van der Waals surface area (Å²) in [5.74, 6) is 0. The second-order valence-corrected chi connectivity index (χ2v) is 4.77. The zero-order chi connectivity index (χ0) is 13.0. The molecule has 0 radical (unpaired) electrons. The SMILES string of the molecule is COC1CN(Cc2cccc(CN)c2)CC1OC. The minimum Gasteiger partial charge on any atom is -0.377 e. The highest BCUT2D eigenvalue weighted by Crippen LogP contribution is 2.18. The Labute approximate surface area is 109 Å². The third-order valence-corrected chi connectivity index (χ3v) is 3.53. The van der Waals surface area contributed by atoms with Gasteiger partial charge >= 0.3 is 0 Å². The normalized spacial score (nSPS) is 24.6. The van der Waals surface area contributed by atoms with Gasteiger partial charge in [0.25, 0.3) is 0 Å². The van der Waals surface area contributed by atoms with E-state index in [1.807, 2.05) is 0 Å². The first kappa shape index (κ1) is 13.5. The Bertz CT molecular complexity index is 372. The second kappa shape index (κ2) is 6.29. The zero-order valence-corrected chi connectivity index (χ0v) is 11.1. The molecule has 1 fully saturated rings. The van der Waals surface area contributed by atoms with Gasteiger partial charge in [-0.25, -0.2) is 0 Å². The van der Waals surface area contributed by atoms with Gasteiger partial charge in [-0.1, -0.05) is 24.3 Å². The molecule has 0 spiro atoms. The minimum atomic E-state index is 0.174. The highest BCUT2D eigenvalue weighted by atomic mass is 16.5. The largest absolute Gasteiger partial charge is 0.377 e. The van der Waals surface area contributed by atoms with Crippen LogP contribution in [-0.2, 0) is 22.6 Å². The van der Waals surface area contributed by atoms with Crippen molar-refractivity contribution < 1.29 is 9.47 Å². The van der Waals surface area contributed by atoms with Crippen molar-refractivity contribution in [1.82, 2.24) is 4.90 Å². The van der Waals surface area contributed by atoms with Gasteiger partial charge in [0.1, 0.15) is 0 Å². The van der Waals surface area contributed by atoms with Gasteiger partial charge in [0.2, 0.25) is 0 Å². The van der Waals surface area contributed by atoms with Crippen LogP contribution < -0.4 is 5.73 Å². The molecule has 0 aliphatic carbocycles. The fourth-order valence-corrected chi connectivity index (χ4v) is 2.51. The third kappa shape index (κ3) is 3.09. The van der Waals surface area contributed by atoms with E-state index in [-0.39, 0.29) is 12.2 Å². The van der Waals surface area contributed by atoms with Crippen LogP contribution in [0.15, 0.2) is 24.3 Å². The quantitative estimate of drug-likeness (QED) is 0.846. The van der Waals surface area contributed by atoms with E-state index in [9.17, 15) is 0 Å². The van der Waals surface area contributed by atoms with E-state index in [2.05, 4.69) is 29.2 Å². The van der Waals surface area contributed by atoms with E-state index in [4.69, 9.17) is 15.2 Å². The minimum absolute atomic E-state index is 0.174. The second-order valence-electron chi connectivity index (χ2n) is 4.77. The number of likely N-dealkylation sites (tertiary alicyclic amines) is 1. The summed E-state index contributed by atoms with van der Waals surface area (Å²) >= 11 is 0. The number of ether oxygens (including phenoxy) is 2. The first-order valence-electron chi connectivity index (χ1n) is 6.32. The van der Waals surface area contributed by atoms with Gasteiger partial charge in [0.15, 0.2) is 0 Å². The summed E-state index contributed by atoms with van der Waals surface area (Å²) in [5, 5.41) is 0. The molecule has 1 aromatic carbocycles. The van der Waals surface area contributed by atoms with Crippen molar-refractivity contribution in [3.05, 3.63) is 35.4 Å². The molecule has 0 bridgehead atoms. The van der Waals surface area contributed by atoms with Crippen molar-refractivity contribution in [1.29, 1.82) is 0 Å². The summed E-state index contributed by atoms with van der Waals surface area (Å²) in [4.78, 5) is 2.36. The average Bonchev–Trinajstić information content (AvgIpc) is 2.81. The number of hydrogen-bond donors (Lipinski definition) is 1. The molecule has 1 heterocycles. The summed E-state index contributed by atoms with van der Waals surface area (Å²) in [6.07, 6.45) is 0.348. The molecule has 4 nitrogen and oxygen atoms in total. The standard InChI is InChI=1S/C14H22N2O2/c1-17-13-9-16(10-14(13)18-2)8-12-5-3-4-11(6-12)7-15/h3-6,13-14H,7-10,15H2,1-2H3. The number of benzene rings is 1. The molecule has 18 heavy (non-hydrogen) atoms. The van der Waals surface area contributed by atoms with Crippen LogP contribution in [-0.4, -0.2) is 44.4 Å². The molecule has 0 amide bonds. The molecular formula is C14H22N2O2. The van der Waals surface area contributed by atoms with Gasteiger partial charge in [0.05, 0.1) is 12.2 Å². The Morgan fingerprint density at radius 2 is 1.78 bits per heavy atom. The lowest BCUT2D eigenvalue weighted by Crippen LogP contribution is -2.27. The molecule has 4 heteroatoms. The van der Waals surface area contributed by atoms with Gasteiger partial charge in [-0.15, -0.1) is 0 Å². The Hall–Kier alpha value is -0.940. The van der Waals surface area contributed by atoms with Crippen LogP contribution in [0.2, 0.25) is 0 Å². The number of methoxy groups -OCH3 is 2. The predicted octanol–water partition coefficient (Wildman–Crippen LogP) is 0.991. The van der Waals surface area contributed by atoms with Crippen molar-refractivity contribution in [2.75, 3.05) is 27.3 Å². The van der Waals surface area contributed by atoms with Gasteiger partial charge in [0, 0.05) is 40.4 Å². The molecule has 100 valence electrons. The number of nitrogens with zero attached hydrogens (tertiary/aromatic N) is 1. The molecule has 1 aliphatic heterocycles. The molecule has 2 unspecified atom stereocenters. The van der Waals surface area contributed by atoms with Crippen molar-refractivity contribution in [3.8, 4) is 0 Å². The Morgan fingerprint density at radius 1 is 1.17 bits per heavy atom. The van der Waals surface area contributed by atoms with E-state index < -0.39 is 0 Å². The van der Waals surface area contributed by atoms with Gasteiger partial charge in [-0.05, 0) is 11.1 Å². The predicted molar refractivity (Wildman–Crippen MR) is 71.2 cm³/mol. The highest BCUT2D eigenvalue weighted by Gasteiger charge is 2.32. The van der Waals surface area contributed by atoms with Crippen molar-refractivity contribution in [2.45, 2.75) is 25.3 Å². The molecule has 2 N–H and O–H groups in total. The summed E-state index contributed by atoms with van der Waals surface area (Å²) < 4.78 is 10.9. The van der Waals surface area contributed by atoms with Crippen molar-refractivity contribution >= 4 is 0 Å². The molecule has 2 rings (SSSR count). The van der Waals surface area contributed by atoms with Crippen LogP contribution >= 0.6 is 0 Å². The highest BCUT2D eigenvalue weighted by molar-refractivity contribution is 5.23. The van der Waals surface area contributed by atoms with E-state index in [0.29, 0.717) is 6.54 Å². The molecule has 1 aromatic rings. The fourth-order valence-electron chi connectivity index (χ4n) is 2.51. The number of nitrogens with two attached hydrogens (primary N) is 1. The number of hydrogen-bond acceptors (Lipinski definition) is 4. The fraction of sp³-hybridized carbons (Fsp3) is 0.571. The van der Waals surface area contributed by atoms with Crippen LogP contribution in [0.1, 0.15) is 11.1 Å². The lowest BCUT2D eigenvalue weighted by Gasteiger charge is -2.15. The summed E-state index contributed by atoms with van der Waals surface area (Å²) in [5.41, 5.74) is 8.14. The smallest absolute Gasteiger partial charge is 0.0971 e. The Kier molecular flexibility index (Phi) is 4.72. The Balaban J connectivity index is 1.97. The maximum absolute atomic E-state index is 5.66. The van der Waals surface area contributed by atoms with Crippen LogP contribution in [0.25, 0.3) is 0 Å². The van der Waals surface area contributed by atoms with Crippen LogP contribution in [0, 0.1) is 0 Å². The molecular weight excluding hydrogens is 228 g/mol. The first-order chi connectivity index (χ1) is 8.76. The van der Waals surface area contributed by atoms with Crippen LogP contribution in [0.4, 0.5) is 0 Å². The van der Waals surface area contributed by atoms with Gasteiger partial charge in [-0.3, -0.25) is 4.90 Å². The summed E-state index contributed by atoms with van der Waals surface area (Å²) in [6, 6.07) is 8.43. The number of rotatable bonds is 5. The van der Waals surface area contributed by atoms with Crippen LogP contribution in [0.3, 0.4) is 0 Å². The molecule has 0 saturated carbocycles. The van der Waals surface area contributed by atoms with E-state index in [1.54, 1.807) is 14.2 Å². The van der Waals surface area contributed by atoms with E-state index >= 15 is 0 Å². The summed E-state index contributed by atoms with van der Waals surface area (Å²) in [7, 11) is 3.49. The monoisotopic (exact) mass is 250 g/mol. The molecule has 0 aromatic heterocycles. The Morgan fingerprint density at radius 3 is 2.33 bits per heavy atom. The third-order valence-electron chi connectivity index (χ3n) is 3.53. The zero-order valence-electron chi connectivity index (χ0n) is 11.1. The van der Waals surface area contributed by atoms with E-state index in [1.165, 1.54) is 11.1 Å².